The second-order valence-electron chi connectivity index (χ2n) is 5.32. The lowest BCUT2D eigenvalue weighted by Crippen LogP contribution is -1.90. The first-order valence-corrected chi connectivity index (χ1v) is 13.7. The minimum absolute atomic E-state index is 0.316. The third-order valence-electron chi connectivity index (χ3n) is 3.90. The van der Waals surface area contributed by atoms with Gasteiger partial charge in [0.1, 0.15) is 0 Å². The molecule has 0 aliphatic carbocycles. The van der Waals surface area contributed by atoms with Crippen LogP contribution in [0, 0.1) is 0 Å². The molecule has 0 fully saturated rings. The fraction of sp³-hybridized carbons (Fsp3) is 0.294. The maximum Gasteiger partial charge on any atom is 0.161 e. The van der Waals surface area contributed by atoms with E-state index in [1.54, 1.807) is 28.4 Å². The fourth-order valence-corrected chi connectivity index (χ4v) is 15.7. The van der Waals surface area contributed by atoms with Crippen molar-refractivity contribution < 1.29 is 18.9 Å². The molecule has 26 heavy (non-hydrogen) atoms. The Hall–Kier alpha value is -0.530. The lowest BCUT2D eigenvalue weighted by Gasteiger charge is -2.13. The van der Waals surface area contributed by atoms with Gasteiger partial charge in [-0.3, -0.25) is 0 Å². The Morgan fingerprint density at radius 3 is 1.31 bits per heavy atom. The van der Waals surface area contributed by atoms with Crippen LogP contribution in [-0.2, 0) is 0 Å². The molecule has 0 radical (unpaired) electrons. The molecule has 0 saturated heterocycles. The van der Waals surface area contributed by atoms with Crippen molar-refractivity contribution in [2.75, 3.05) is 28.4 Å². The van der Waals surface area contributed by atoms with Gasteiger partial charge >= 0.3 is 0 Å². The maximum absolute atomic E-state index is 5.45. The first kappa shape index (κ1) is 18.8. The van der Waals surface area contributed by atoms with Crippen molar-refractivity contribution in [1.82, 2.24) is 0 Å². The van der Waals surface area contributed by atoms with E-state index in [9.17, 15) is 0 Å². The van der Waals surface area contributed by atoms with Crippen LogP contribution in [0.1, 0.15) is 0 Å². The van der Waals surface area contributed by atoms with E-state index < -0.39 is 0 Å². The molecule has 4 rings (SSSR count). The predicted octanol–water partition coefficient (Wildman–Crippen LogP) is 6.41. The van der Waals surface area contributed by atoms with Crippen LogP contribution in [-0.4, -0.2) is 32.8 Å². The van der Waals surface area contributed by atoms with Gasteiger partial charge in [0.15, 0.2) is 23.0 Å². The number of fused-ring (bicyclic) bond motifs is 2. The molecule has 0 aromatic heterocycles. The molecule has 0 amide bonds. The lowest BCUT2D eigenvalue weighted by atomic mass is 10.3. The van der Waals surface area contributed by atoms with Crippen LogP contribution < -0.4 is 18.9 Å². The smallest absolute Gasteiger partial charge is 0.161 e. The van der Waals surface area contributed by atoms with E-state index in [1.165, 1.54) is 19.6 Å². The quantitative estimate of drug-likeness (QED) is 0.490. The third-order valence-corrected chi connectivity index (χ3v) is 16.5. The number of thioether (sulfide) groups is 2. The van der Waals surface area contributed by atoms with Crippen molar-refractivity contribution in [2.24, 2.45) is 0 Å². The topological polar surface area (TPSA) is 36.9 Å². The number of hydrogen-bond acceptors (Lipinski definition) is 8. The molecule has 0 unspecified atom stereocenters. The molecule has 2 aliphatic heterocycles. The molecule has 2 heterocycles. The molecule has 2 aliphatic rings. The van der Waals surface area contributed by atoms with E-state index in [0.29, 0.717) is 4.32 Å². The van der Waals surface area contributed by atoms with Crippen LogP contribution in [0.5, 0.6) is 23.0 Å². The van der Waals surface area contributed by atoms with E-state index in [2.05, 4.69) is 24.3 Å². The zero-order chi connectivity index (χ0) is 18.3. The zero-order valence-electron chi connectivity index (χ0n) is 14.6. The van der Waals surface area contributed by atoms with Gasteiger partial charge in [0.2, 0.25) is 0 Å². The van der Waals surface area contributed by atoms with Crippen molar-refractivity contribution in [3.8, 4) is 23.0 Å². The minimum Gasteiger partial charge on any atom is -0.493 e. The van der Waals surface area contributed by atoms with E-state index in [1.807, 2.05) is 46.3 Å². The van der Waals surface area contributed by atoms with Gasteiger partial charge in [-0.05, 0) is 24.3 Å². The molecule has 0 N–H and O–H groups in total. The molecule has 0 spiro atoms. The van der Waals surface area contributed by atoms with Gasteiger partial charge in [-0.2, -0.15) is 0 Å². The van der Waals surface area contributed by atoms with Gasteiger partial charge in [0.25, 0.3) is 0 Å². The summed E-state index contributed by atoms with van der Waals surface area (Å²) in [4.78, 5) is 5.11. The normalized spacial score (nSPS) is 16.3. The SMILES string of the molecule is COc1cc2c(cc1OC)SC(P1Sc3cc(OC)c(OC)cc3S1)S2. The molecular weight excluding hydrogens is 427 g/mol. The summed E-state index contributed by atoms with van der Waals surface area (Å²) in [6.07, 6.45) is -0.316. The highest BCUT2D eigenvalue weighted by Gasteiger charge is 2.37. The van der Waals surface area contributed by atoms with Crippen molar-refractivity contribution >= 4 is 52.6 Å². The van der Waals surface area contributed by atoms with Gasteiger partial charge < -0.3 is 18.9 Å². The standard InChI is InChI=1S/C17H17O4PS4/c1-18-9-5-13-14(6-10(9)19-2)24-17(23-13)22-25-15-7-11(20-3)12(21-4)8-16(15)26-22/h5-8,17H,1-4H3. The Morgan fingerprint density at radius 2 is 0.962 bits per heavy atom. The second kappa shape index (κ2) is 7.84. The van der Waals surface area contributed by atoms with Crippen LogP contribution in [0.15, 0.2) is 43.8 Å². The van der Waals surface area contributed by atoms with E-state index >= 15 is 0 Å². The summed E-state index contributed by atoms with van der Waals surface area (Å²) in [5, 5.41) is 0. The van der Waals surface area contributed by atoms with Gasteiger partial charge in [-0.15, -0.1) is 23.5 Å². The lowest BCUT2D eigenvalue weighted by molar-refractivity contribution is 0.353. The van der Waals surface area contributed by atoms with Crippen LogP contribution in [0.4, 0.5) is 0 Å². The van der Waals surface area contributed by atoms with Crippen molar-refractivity contribution in [2.45, 2.75) is 23.9 Å². The van der Waals surface area contributed by atoms with Crippen LogP contribution in [0.25, 0.3) is 0 Å². The zero-order valence-corrected chi connectivity index (χ0v) is 18.8. The fourth-order valence-electron chi connectivity index (χ4n) is 2.64. The summed E-state index contributed by atoms with van der Waals surface area (Å²) in [6, 6.07) is 8.37. The van der Waals surface area contributed by atoms with Gasteiger partial charge in [0, 0.05) is 25.9 Å². The Bertz CT molecular complexity index is 712. The van der Waals surface area contributed by atoms with Crippen LogP contribution >= 0.6 is 52.6 Å². The molecule has 2 aromatic carbocycles. The van der Waals surface area contributed by atoms with Crippen molar-refractivity contribution in [3.05, 3.63) is 24.3 Å². The summed E-state index contributed by atoms with van der Waals surface area (Å²) < 4.78 is 22.3. The summed E-state index contributed by atoms with van der Waals surface area (Å²) in [6.45, 7) is 0. The number of ether oxygens (including phenoxy) is 4. The average Bonchev–Trinajstić information content (AvgIpc) is 3.28. The monoisotopic (exact) mass is 444 g/mol. The molecule has 0 atom stereocenters. The Morgan fingerprint density at radius 1 is 0.615 bits per heavy atom. The van der Waals surface area contributed by atoms with Crippen LogP contribution in [0.3, 0.4) is 0 Å². The van der Waals surface area contributed by atoms with E-state index in [4.69, 9.17) is 18.9 Å². The number of hydrogen-bond donors (Lipinski definition) is 0. The van der Waals surface area contributed by atoms with Crippen molar-refractivity contribution in [1.29, 1.82) is 0 Å². The Balaban J connectivity index is 1.55. The minimum atomic E-state index is -0.316. The molecule has 0 saturated carbocycles. The van der Waals surface area contributed by atoms with E-state index in [-0.39, 0.29) is 6.33 Å². The molecule has 9 heteroatoms. The molecule has 2 aromatic rings. The number of rotatable bonds is 5. The number of benzene rings is 2. The molecule has 138 valence electrons. The predicted molar refractivity (Wildman–Crippen MR) is 113 cm³/mol. The highest BCUT2D eigenvalue weighted by atomic mass is 33.1. The van der Waals surface area contributed by atoms with Gasteiger partial charge in [-0.25, -0.2) is 0 Å². The number of methoxy groups -OCH3 is 4. The second-order valence-corrected chi connectivity index (χ2v) is 15.1. The highest BCUT2D eigenvalue weighted by Crippen LogP contribution is 2.82. The first-order chi connectivity index (χ1) is 12.7. The summed E-state index contributed by atoms with van der Waals surface area (Å²) in [5.74, 6) is 3.16. The molecule has 0 bridgehead atoms. The summed E-state index contributed by atoms with van der Waals surface area (Å²) in [7, 11) is 6.72. The first-order valence-electron chi connectivity index (χ1n) is 7.67. The highest BCUT2D eigenvalue weighted by molar-refractivity contribution is 8.92. The Kier molecular flexibility index (Phi) is 5.67. The van der Waals surface area contributed by atoms with E-state index in [0.717, 1.165) is 23.0 Å². The summed E-state index contributed by atoms with van der Waals surface area (Å²) in [5.41, 5.74) is 0. The van der Waals surface area contributed by atoms with Crippen molar-refractivity contribution in [3.63, 3.8) is 0 Å². The summed E-state index contributed by atoms with van der Waals surface area (Å²) >= 11 is 7.77. The van der Waals surface area contributed by atoms with Gasteiger partial charge in [-0.1, -0.05) is 22.8 Å². The third kappa shape index (κ3) is 3.35. The molecule has 4 nitrogen and oxygen atoms in total. The van der Waals surface area contributed by atoms with Gasteiger partial charge in [0.05, 0.1) is 32.8 Å². The maximum atomic E-state index is 5.45. The average molecular weight is 445 g/mol. The van der Waals surface area contributed by atoms with Crippen LogP contribution in [0.2, 0.25) is 0 Å². The Labute approximate surface area is 170 Å². The molecular formula is C17H17O4PS4. The largest absolute Gasteiger partial charge is 0.493 e.